The van der Waals surface area contributed by atoms with Crippen LogP contribution in [-0.4, -0.2) is 19.0 Å². The molecule has 0 aliphatic carbocycles. The summed E-state index contributed by atoms with van der Waals surface area (Å²) in [7, 11) is 0. The minimum Gasteiger partial charge on any atom is -0.353 e. The van der Waals surface area contributed by atoms with Crippen LogP contribution in [0.5, 0.6) is 0 Å². The third-order valence-corrected chi connectivity index (χ3v) is 2.66. The van der Waals surface area contributed by atoms with Crippen LogP contribution in [-0.2, 0) is 4.79 Å². The molecule has 0 saturated heterocycles. The largest absolute Gasteiger partial charge is 0.353 e. The van der Waals surface area contributed by atoms with Crippen molar-refractivity contribution in [1.29, 1.82) is 0 Å². The third kappa shape index (κ3) is 2.94. The first-order chi connectivity index (χ1) is 7.86. The Hall–Kier alpha value is -1.61. The average Bonchev–Trinajstić information content (AvgIpc) is 2.42. The predicted molar refractivity (Wildman–Crippen MR) is 64.0 cm³/mol. The predicted octanol–water partition coefficient (Wildman–Crippen LogP) is 1.39. The van der Waals surface area contributed by atoms with Crippen LogP contribution in [0.4, 0.5) is 0 Å². The van der Waals surface area contributed by atoms with E-state index in [9.17, 15) is 4.79 Å². The number of rotatable bonds is 1. The maximum Gasteiger partial charge on any atom is 0.222 e. The van der Waals surface area contributed by atoms with Crippen LogP contribution in [0.3, 0.4) is 0 Å². The number of carbonyl (C=O) groups is 1. The van der Waals surface area contributed by atoms with Gasteiger partial charge in [-0.25, -0.2) is 0 Å². The topological polar surface area (TPSA) is 41.1 Å². The van der Waals surface area contributed by atoms with E-state index in [2.05, 4.69) is 10.6 Å². The second kappa shape index (κ2) is 5.47. The van der Waals surface area contributed by atoms with Crippen LogP contribution in [0.1, 0.15) is 18.0 Å². The van der Waals surface area contributed by atoms with Gasteiger partial charge in [0.2, 0.25) is 5.91 Å². The molecule has 2 N–H and O–H groups in total. The van der Waals surface area contributed by atoms with Crippen LogP contribution < -0.4 is 10.6 Å². The minimum atomic E-state index is 0.0907. The molecule has 0 radical (unpaired) electrons. The average molecular weight is 216 g/mol. The fourth-order valence-corrected chi connectivity index (χ4v) is 1.80. The number of carbonyl (C=O) groups excluding carboxylic acids is 1. The highest BCUT2D eigenvalue weighted by atomic mass is 16.1. The van der Waals surface area contributed by atoms with Crippen LogP contribution in [0.15, 0.2) is 42.5 Å². The Morgan fingerprint density at radius 3 is 2.62 bits per heavy atom. The molecule has 1 aromatic carbocycles. The number of nitrogens with one attached hydrogen (secondary N) is 2. The standard InChI is InChI=1S/C13H16N2O/c16-13-10-12(11-6-2-1-3-7-11)14-8-4-5-9-15-13/h1-7,12,14H,8-10H2,(H,15,16)/b5-4-. The van der Waals surface area contributed by atoms with E-state index in [1.807, 2.05) is 42.5 Å². The van der Waals surface area contributed by atoms with Crippen LogP contribution in [0.25, 0.3) is 0 Å². The number of benzene rings is 1. The van der Waals surface area contributed by atoms with Crippen molar-refractivity contribution in [1.82, 2.24) is 10.6 Å². The van der Waals surface area contributed by atoms with Gasteiger partial charge < -0.3 is 10.6 Å². The van der Waals surface area contributed by atoms with Crippen molar-refractivity contribution in [3.63, 3.8) is 0 Å². The molecule has 1 atom stereocenters. The molecule has 16 heavy (non-hydrogen) atoms. The van der Waals surface area contributed by atoms with Gasteiger partial charge in [-0.1, -0.05) is 42.5 Å². The van der Waals surface area contributed by atoms with Crippen molar-refractivity contribution in [2.24, 2.45) is 0 Å². The minimum absolute atomic E-state index is 0.0907. The molecule has 1 aromatic rings. The molecule has 1 amide bonds. The van der Waals surface area contributed by atoms with E-state index in [0.29, 0.717) is 13.0 Å². The van der Waals surface area contributed by atoms with Crippen LogP contribution >= 0.6 is 0 Å². The summed E-state index contributed by atoms with van der Waals surface area (Å²) in [6, 6.07) is 10.2. The van der Waals surface area contributed by atoms with Crippen LogP contribution in [0.2, 0.25) is 0 Å². The molecule has 0 spiro atoms. The molecule has 0 bridgehead atoms. The molecule has 0 saturated carbocycles. The maximum atomic E-state index is 11.6. The van der Waals surface area contributed by atoms with Crippen LogP contribution in [0, 0.1) is 0 Å². The number of hydrogen-bond donors (Lipinski definition) is 2. The zero-order valence-electron chi connectivity index (χ0n) is 9.15. The Bertz CT molecular complexity index is 373. The van der Waals surface area contributed by atoms with E-state index in [-0.39, 0.29) is 11.9 Å². The molecule has 1 unspecified atom stereocenters. The summed E-state index contributed by atoms with van der Waals surface area (Å²) >= 11 is 0. The Kier molecular flexibility index (Phi) is 3.72. The van der Waals surface area contributed by atoms with Gasteiger partial charge >= 0.3 is 0 Å². The Balaban J connectivity index is 2.12. The molecule has 2 rings (SSSR count). The molecule has 1 heterocycles. The summed E-state index contributed by atoms with van der Waals surface area (Å²) < 4.78 is 0. The highest BCUT2D eigenvalue weighted by Gasteiger charge is 2.14. The SMILES string of the molecule is O=C1CC(c2ccccc2)NC/C=C\CN1. The van der Waals surface area contributed by atoms with Gasteiger partial charge in [0.05, 0.1) is 0 Å². The molecule has 1 aliphatic heterocycles. The monoisotopic (exact) mass is 216 g/mol. The van der Waals surface area contributed by atoms with Crippen molar-refractivity contribution in [3.05, 3.63) is 48.0 Å². The van der Waals surface area contributed by atoms with E-state index >= 15 is 0 Å². The fraction of sp³-hybridized carbons (Fsp3) is 0.308. The summed E-state index contributed by atoms with van der Waals surface area (Å²) in [5, 5.41) is 6.22. The Morgan fingerprint density at radius 2 is 1.81 bits per heavy atom. The highest BCUT2D eigenvalue weighted by Crippen LogP contribution is 2.16. The molecule has 1 aliphatic rings. The first-order valence-electron chi connectivity index (χ1n) is 5.56. The van der Waals surface area contributed by atoms with Gasteiger partial charge in [0.15, 0.2) is 0 Å². The quantitative estimate of drug-likeness (QED) is 0.697. The van der Waals surface area contributed by atoms with Crippen molar-refractivity contribution in [3.8, 4) is 0 Å². The summed E-state index contributed by atoms with van der Waals surface area (Å²) in [6.45, 7) is 1.43. The lowest BCUT2D eigenvalue weighted by Crippen LogP contribution is -2.29. The normalized spacial score (nSPS) is 23.8. The van der Waals surface area contributed by atoms with Gasteiger partial charge in [-0.2, -0.15) is 0 Å². The van der Waals surface area contributed by atoms with Crippen molar-refractivity contribution in [2.75, 3.05) is 13.1 Å². The lowest BCUT2D eigenvalue weighted by molar-refractivity contribution is -0.121. The summed E-state index contributed by atoms with van der Waals surface area (Å²) in [5.41, 5.74) is 1.16. The molecule has 3 nitrogen and oxygen atoms in total. The zero-order valence-corrected chi connectivity index (χ0v) is 9.15. The maximum absolute atomic E-state index is 11.6. The summed E-state index contributed by atoms with van der Waals surface area (Å²) in [4.78, 5) is 11.6. The summed E-state index contributed by atoms with van der Waals surface area (Å²) in [6.07, 6.45) is 4.51. The van der Waals surface area contributed by atoms with E-state index in [1.165, 1.54) is 0 Å². The van der Waals surface area contributed by atoms with Crippen molar-refractivity contribution in [2.45, 2.75) is 12.5 Å². The lowest BCUT2D eigenvalue weighted by Gasteiger charge is -2.17. The third-order valence-electron chi connectivity index (χ3n) is 2.66. The fourth-order valence-electron chi connectivity index (χ4n) is 1.80. The molecule has 0 aromatic heterocycles. The smallest absolute Gasteiger partial charge is 0.222 e. The lowest BCUT2D eigenvalue weighted by atomic mass is 10.0. The first kappa shape index (κ1) is 10.9. The number of amides is 1. The molecule has 0 fully saturated rings. The van der Waals surface area contributed by atoms with E-state index < -0.39 is 0 Å². The zero-order chi connectivity index (χ0) is 11.2. The van der Waals surface area contributed by atoms with Gasteiger partial charge in [-0.3, -0.25) is 4.79 Å². The molecular formula is C13H16N2O. The molecular weight excluding hydrogens is 200 g/mol. The Morgan fingerprint density at radius 1 is 1.06 bits per heavy atom. The Labute approximate surface area is 95.6 Å². The van der Waals surface area contributed by atoms with Gasteiger partial charge in [-0.05, 0) is 5.56 Å². The van der Waals surface area contributed by atoms with Gasteiger partial charge in [0.1, 0.15) is 0 Å². The second-order valence-electron chi connectivity index (χ2n) is 3.85. The van der Waals surface area contributed by atoms with Gasteiger partial charge in [0.25, 0.3) is 0 Å². The van der Waals surface area contributed by atoms with Gasteiger partial charge in [-0.15, -0.1) is 0 Å². The highest BCUT2D eigenvalue weighted by molar-refractivity contribution is 5.77. The van der Waals surface area contributed by atoms with Crippen molar-refractivity contribution >= 4 is 5.91 Å². The van der Waals surface area contributed by atoms with E-state index in [0.717, 1.165) is 12.1 Å². The first-order valence-corrected chi connectivity index (χ1v) is 5.56. The molecule has 3 heteroatoms. The molecule has 84 valence electrons. The second-order valence-corrected chi connectivity index (χ2v) is 3.85. The van der Waals surface area contributed by atoms with Gasteiger partial charge in [0, 0.05) is 25.6 Å². The van der Waals surface area contributed by atoms with E-state index in [4.69, 9.17) is 0 Å². The van der Waals surface area contributed by atoms with Crippen molar-refractivity contribution < 1.29 is 4.79 Å². The van der Waals surface area contributed by atoms with E-state index in [1.54, 1.807) is 0 Å². The number of hydrogen-bond acceptors (Lipinski definition) is 2. The summed E-state index contributed by atoms with van der Waals surface area (Å²) in [5.74, 6) is 0.0907.